The summed E-state index contributed by atoms with van der Waals surface area (Å²) in [5.41, 5.74) is 1.16. The molecule has 1 aliphatic heterocycles. The minimum Gasteiger partial charge on any atom is -0.508 e. The lowest BCUT2D eigenvalue weighted by molar-refractivity contribution is -0.163. The van der Waals surface area contributed by atoms with E-state index in [0.717, 1.165) is 18.4 Å². The fraction of sp³-hybridized carbons (Fsp3) is 0.586. The summed E-state index contributed by atoms with van der Waals surface area (Å²) in [4.78, 5) is 25.3. The third kappa shape index (κ3) is 5.64. The highest BCUT2D eigenvalue weighted by atomic mass is 16.6. The molecule has 0 unspecified atom stereocenters. The van der Waals surface area contributed by atoms with Crippen LogP contribution in [0.1, 0.15) is 65.4 Å². The lowest BCUT2D eigenvalue weighted by atomic mass is 9.65. The maximum atomic E-state index is 13.5. The molecule has 0 bridgehead atoms. The van der Waals surface area contributed by atoms with E-state index in [9.17, 15) is 19.8 Å². The molecule has 35 heavy (non-hydrogen) atoms. The number of hydrogen-bond donors (Lipinski definition) is 2. The van der Waals surface area contributed by atoms with Gasteiger partial charge in [0.15, 0.2) is 0 Å². The monoisotopic (exact) mass is 482 g/mol. The predicted molar refractivity (Wildman–Crippen MR) is 133 cm³/mol. The van der Waals surface area contributed by atoms with Crippen LogP contribution in [0.4, 0.5) is 0 Å². The normalized spacial score (nSPS) is 32.9. The second kappa shape index (κ2) is 10.2. The van der Waals surface area contributed by atoms with Gasteiger partial charge in [0.05, 0.1) is 17.9 Å². The van der Waals surface area contributed by atoms with Gasteiger partial charge < -0.3 is 19.7 Å². The van der Waals surface area contributed by atoms with Crippen LogP contribution in [0.5, 0.6) is 5.75 Å². The number of aliphatic hydroxyl groups is 1. The smallest absolute Gasteiger partial charge is 0.316 e. The highest BCUT2D eigenvalue weighted by Gasteiger charge is 2.43. The molecule has 0 aromatic heterocycles. The molecular weight excluding hydrogens is 444 g/mol. The molecular formula is C29H38O6. The molecule has 3 aliphatic rings. The Balaban J connectivity index is 1.52. The van der Waals surface area contributed by atoms with Crippen LogP contribution in [0.25, 0.3) is 0 Å². The maximum Gasteiger partial charge on any atom is 0.316 e. The number of aliphatic hydroxyl groups excluding tert-OH is 1. The van der Waals surface area contributed by atoms with Crippen molar-refractivity contribution >= 4 is 11.9 Å². The van der Waals surface area contributed by atoms with E-state index in [2.05, 4.69) is 32.1 Å². The van der Waals surface area contributed by atoms with Gasteiger partial charge in [-0.25, -0.2) is 0 Å². The van der Waals surface area contributed by atoms with Crippen molar-refractivity contribution in [3.63, 3.8) is 0 Å². The summed E-state index contributed by atoms with van der Waals surface area (Å²) in [5, 5.41) is 19.6. The summed E-state index contributed by atoms with van der Waals surface area (Å²) in [7, 11) is 0. The average molecular weight is 483 g/mol. The van der Waals surface area contributed by atoms with Gasteiger partial charge in [0.1, 0.15) is 18.0 Å². The first-order chi connectivity index (χ1) is 16.5. The number of esters is 2. The number of allylic oxidation sites excluding steroid dienone is 3. The van der Waals surface area contributed by atoms with E-state index in [0.29, 0.717) is 24.7 Å². The second-order valence-electron chi connectivity index (χ2n) is 11.2. The molecule has 0 radical (unpaired) electrons. The quantitative estimate of drug-likeness (QED) is 0.564. The first kappa shape index (κ1) is 25.5. The third-order valence-electron chi connectivity index (χ3n) is 8.01. The van der Waals surface area contributed by atoms with Gasteiger partial charge in [-0.3, -0.25) is 9.59 Å². The highest BCUT2D eigenvalue weighted by molar-refractivity contribution is 5.82. The number of carbonyl (C=O) groups is 2. The molecule has 2 aliphatic carbocycles. The zero-order chi connectivity index (χ0) is 25.3. The Labute approximate surface area is 208 Å². The van der Waals surface area contributed by atoms with Crippen molar-refractivity contribution in [3.8, 4) is 5.75 Å². The number of phenols is 1. The minimum absolute atomic E-state index is 0.0707. The molecule has 6 nitrogen and oxygen atoms in total. The van der Waals surface area contributed by atoms with Gasteiger partial charge in [0.2, 0.25) is 0 Å². The highest BCUT2D eigenvalue weighted by Crippen LogP contribution is 2.45. The van der Waals surface area contributed by atoms with Crippen molar-refractivity contribution in [2.24, 2.45) is 23.7 Å². The van der Waals surface area contributed by atoms with Crippen molar-refractivity contribution in [1.29, 1.82) is 0 Å². The molecule has 0 spiro atoms. The standard InChI is InChI=1S/C29H38O6/c1-17-13-19-6-5-18(2)24(12-11-23-15-22(31)16-26(32)34-23)27(19)25(14-17)35-28(33)29(3,4)20-7-9-21(30)10-8-20/h5-10,13,17-18,22-25,27,30-31H,11-12,14-16H2,1-4H3/t17-,18-,22+,23+,24-,25-,27-/m0/s1. The number of hydrogen-bond acceptors (Lipinski definition) is 6. The molecule has 7 atom stereocenters. The zero-order valence-corrected chi connectivity index (χ0v) is 21.1. The van der Waals surface area contributed by atoms with Crippen LogP contribution in [-0.2, 0) is 24.5 Å². The van der Waals surface area contributed by atoms with Crippen LogP contribution in [0.3, 0.4) is 0 Å². The van der Waals surface area contributed by atoms with E-state index in [1.54, 1.807) is 24.3 Å². The summed E-state index contributed by atoms with van der Waals surface area (Å²) < 4.78 is 11.8. The second-order valence-corrected chi connectivity index (χ2v) is 11.2. The molecule has 0 saturated carbocycles. The number of fused-ring (bicyclic) bond motifs is 1. The van der Waals surface area contributed by atoms with Crippen molar-refractivity contribution in [1.82, 2.24) is 0 Å². The van der Waals surface area contributed by atoms with E-state index in [1.165, 1.54) is 5.57 Å². The number of cyclic esters (lactones) is 1. The molecule has 1 fully saturated rings. The summed E-state index contributed by atoms with van der Waals surface area (Å²) >= 11 is 0. The fourth-order valence-corrected chi connectivity index (χ4v) is 5.92. The molecule has 4 rings (SSSR count). The lowest BCUT2D eigenvalue weighted by Gasteiger charge is -2.44. The molecule has 1 aromatic rings. The predicted octanol–water partition coefficient (Wildman–Crippen LogP) is 4.83. The van der Waals surface area contributed by atoms with Gasteiger partial charge in [-0.15, -0.1) is 0 Å². The largest absolute Gasteiger partial charge is 0.508 e. The topological polar surface area (TPSA) is 93.1 Å². The zero-order valence-electron chi connectivity index (χ0n) is 21.1. The van der Waals surface area contributed by atoms with Crippen LogP contribution < -0.4 is 0 Å². The van der Waals surface area contributed by atoms with Crippen molar-refractivity contribution in [3.05, 3.63) is 53.6 Å². The number of carbonyl (C=O) groups excluding carboxylic acids is 2. The first-order valence-electron chi connectivity index (χ1n) is 12.8. The Kier molecular flexibility index (Phi) is 7.41. The van der Waals surface area contributed by atoms with Crippen molar-refractivity contribution in [2.45, 2.75) is 83.5 Å². The molecule has 1 aromatic carbocycles. The van der Waals surface area contributed by atoms with E-state index in [1.807, 2.05) is 13.8 Å². The fourth-order valence-electron chi connectivity index (χ4n) is 5.92. The number of rotatable bonds is 6. The van der Waals surface area contributed by atoms with E-state index < -0.39 is 11.5 Å². The molecule has 0 amide bonds. The van der Waals surface area contributed by atoms with Crippen molar-refractivity contribution in [2.75, 3.05) is 0 Å². The Bertz CT molecular complexity index is 991. The van der Waals surface area contributed by atoms with Gasteiger partial charge in [0.25, 0.3) is 0 Å². The molecule has 2 N–H and O–H groups in total. The van der Waals surface area contributed by atoms with E-state index in [-0.39, 0.29) is 48.2 Å². The summed E-state index contributed by atoms with van der Waals surface area (Å²) in [6.45, 7) is 8.05. The van der Waals surface area contributed by atoms with Crippen LogP contribution in [0.15, 0.2) is 48.1 Å². The Hall–Kier alpha value is -2.60. The maximum absolute atomic E-state index is 13.5. The van der Waals surface area contributed by atoms with Crippen LogP contribution in [0.2, 0.25) is 0 Å². The van der Waals surface area contributed by atoms with Crippen molar-refractivity contribution < 1.29 is 29.3 Å². The van der Waals surface area contributed by atoms with Crippen LogP contribution in [0, 0.1) is 23.7 Å². The first-order valence-corrected chi connectivity index (χ1v) is 12.8. The van der Waals surface area contributed by atoms with Crippen LogP contribution >= 0.6 is 0 Å². The lowest BCUT2D eigenvalue weighted by Crippen LogP contribution is -2.44. The molecule has 1 saturated heterocycles. The third-order valence-corrected chi connectivity index (χ3v) is 8.01. The summed E-state index contributed by atoms with van der Waals surface area (Å²) in [5.74, 6) is 0.467. The van der Waals surface area contributed by atoms with Gasteiger partial charge in [0, 0.05) is 12.3 Å². The van der Waals surface area contributed by atoms with Gasteiger partial charge in [-0.2, -0.15) is 0 Å². The van der Waals surface area contributed by atoms with Gasteiger partial charge in [-0.1, -0.05) is 44.2 Å². The van der Waals surface area contributed by atoms with E-state index >= 15 is 0 Å². The van der Waals surface area contributed by atoms with E-state index in [4.69, 9.17) is 9.47 Å². The van der Waals surface area contributed by atoms with Gasteiger partial charge in [-0.05, 0) is 74.1 Å². The average Bonchev–Trinajstić information content (AvgIpc) is 2.78. The summed E-state index contributed by atoms with van der Waals surface area (Å²) in [6.07, 6.45) is 8.37. The Morgan fingerprint density at radius 2 is 1.86 bits per heavy atom. The molecule has 190 valence electrons. The SMILES string of the molecule is C[C@H]1C=C2C=C[C@H](C)[C@H](CC[C@@H]3C[C@@H](O)CC(=O)O3)[C@H]2[C@@H](OC(=O)C(C)(C)c2ccc(O)cc2)C1. The van der Waals surface area contributed by atoms with Gasteiger partial charge >= 0.3 is 11.9 Å². The Morgan fingerprint density at radius 1 is 1.14 bits per heavy atom. The number of aromatic hydroxyl groups is 1. The Morgan fingerprint density at radius 3 is 2.54 bits per heavy atom. The number of benzene rings is 1. The number of ether oxygens (including phenoxy) is 2. The number of phenolic OH excluding ortho intramolecular Hbond substituents is 1. The minimum atomic E-state index is -0.851. The summed E-state index contributed by atoms with van der Waals surface area (Å²) in [6, 6.07) is 6.71. The molecule has 1 heterocycles. The van der Waals surface area contributed by atoms with Crippen LogP contribution in [-0.4, -0.2) is 40.5 Å². The molecule has 6 heteroatoms.